The molecule has 1 aliphatic carbocycles. The van der Waals surface area contributed by atoms with Crippen LogP contribution in [0, 0.1) is 6.92 Å². The van der Waals surface area contributed by atoms with E-state index in [1.165, 1.54) is 0 Å². The summed E-state index contributed by atoms with van der Waals surface area (Å²) in [6, 6.07) is 5.03. The van der Waals surface area contributed by atoms with Crippen LogP contribution in [-0.4, -0.2) is 23.3 Å². The lowest BCUT2D eigenvalue weighted by atomic mass is 10.2. The maximum atomic E-state index is 11.6. The monoisotopic (exact) mass is 254 g/mol. The van der Waals surface area contributed by atoms with Gasteiger partial charge in [-0.2, -0.15) is 0 Å². The Hall–Kier alpha value is -1.26. The fourth-order valence-electron chi connectivity index (χ4n) is 1.55. The lowest BCUT2D eigenvalue weighted by molar-refractivity contribution is 0.217. The summed E-state index contributed by atoms with van der Waals surface area (Å²) in [6.45, 7) is 1.88. The van der Waals surface area contributed by atoms with Gasteiger partial charge in [0, 0.05) is 10.7 Å². The first-order valence-corrected chi connectivity index (χ1v) is 5.89. The van der Waals surface area contributed by atoms with Gasteiger partial charge in [0.2, 0.25) is 0 Å². The Balaban J connectivity index is 1.96. The molecular formula is C12H15ClN2O2. The predicted octanol–water partition coefficient (Wildman–Crippen LogP) is 2.29. The number of halogens is 1. The molecule has 0 saturated heterocycles. The summed E-state index contributed by atoms with van der Waals surface area (Å²) in [4.78, 5) is 11.6. The highest BCUT2D eigenvalue weighted by atomic mass is 35.5. The molecule has 4 nitrogen and oxygen atoms in total. The highest BCUT2D eigenvalue weighted by Crippen LogP contribution is 2.34. The van der Waals surface area contributed by atoms with Gasteiger partial charge in [-0.25, -0.2) is 4.79 Å². The third-order valence-corrected chi connectivity index (χ3v) is 3.37. The molecular weight excluding hydrogens is 240 g/mol. The second-order valence-electron chi connectivity index (χ2n) is 4.48. The molecule has 1 fully saturated rings. The molecule has 2 amide bonds. The van der Waals surface area contributed by atoms with Crippen LogP contribution in [0.15, 0.2) is 18.2 Å². The van der Waals surface area contributed by atoms with Gasteiger partial charge in [-0.1, -0.05) is 17.7 Å². The minimum Gasteiger partial charge on any atom is -0.394 e. The lowest BCUT2D eigenvalue weighted by Crippen LogP contribution is -2.42. The van der Waals surface area contributed by atoms with Crippen molar-refractivity contribution in [1.29, 1.82) is 0 Å². The summed E-state index contributed by atoms with van der Waals surface area (Å²) in [5.41, 5.74) is 1.21. The van der Waals surface area contributed by atoms with Crippen molar-refractivity contribution < 1.29 is 9.90 Å². The fraction of sp³-hybridized carbons (Fsp3) is 0.417. The molecule has 0 atom stereocenters. The van der Waals surface area contributed by atoms with Gasteiger partial charge in [0.15, 0.2) is 0 Å². The third-order valence-electron chi connectivity index (χ3n) is 2.96. The molecule has 92 valence electrons. The Morgan fingerprint density at radius 3 is 2.76 bits per heavy atom. The average Bonchev–Trinajstić information content (AvgIpc) is 3.04. The second-order valence-corrected chi connectivity index (χ2v) is 4.89. The van der Waals surface area contributed by atoms with Crippen molar-refractivity contribution in [3.05, 3.63) is 28.8 Å². The molecule has 0 bridgehead atoms. The van der Waals surface area contributed by atoms with Crippen LogP contribution in [0.2, 0.25) is 5.02 Å². The Morgan fingerprint density at radius 2 is 2.24 bits per heavy atom. The third kappa shape index (κ3) is 2.90. The van der Waals surface area contributed by atoms with E-state index < -0.39 is 5.54 Å². The van der Waals surface area contributed by atoms with E-state index >= 15 is 0 Å². The van der Waals surface area contributed by atoms with E-state index in [0.29, 0.717) is 10.7 Å². The number of aliphatic hydroxyl groups is 1. The molecule has 0 aliphatic heterocycles. The predicted molar refractivity (Wildman–Crippen MR) is 67.4 cm³/mol. The van der Waals surface area contributed by atoms with Crippen molar-refractivity contribution >= 4 is 23.3 Å². The molecule has 5 heteroatoms. The number of anilines is 1. The minimum atomic E-state index is -0.404. The molecule has 0 spiro atoms. The molecule has 1 aromatic carbocycles. The van der Waals surface area contributed by atoms with Gasteiger partial charge in [-0.15, -0.1) is 0 Å². The number of aryl methyl sites for hydroxylation is 1. The lowest BCUT2D eigenvalue weighted by Gasteiger charge is -2.15. The second kappa shape index (κ2) is 4.55. The molecule has 1 aromatic rings. The first kappa shape index (κ1) is 12.2. The maximum absolute atomic E-state index is 11.6. The number of urea groups is 1. The SMILES string of the molecule is Cc1ccc(NC(=O)NC2(CO)CC2)cc1Cl. The van der Waals surface area contributed by atoms with Gasteiger partial charge in [-0.05, 0) is 37.5 Å². The Bertz CT molecular complexity index is 444. The van der Waals surface area contributed by atoms with E-state index in [-0.39, 0.29) is 12.6 Å². The number of benzene rings is 1. The summed E-state index contributed by atoms with van der Waals surface area (Å²) >= 11 is 5.96. The first-order chi connectivity index (χ1) is 8.04. The van der Waals surface area contributed by atoms with Crippen LogP contribution < -0.4 is 10.6 Å². The molecule has 0 aromatic heterocycles. The van der Waals surface area contributed by atoms with Gasteiger partial charge >= 0.3 is 6.03 Å². The molecule has 0 unspecified atom stereocenters. The zero-order chi connectivity index (χ0) is 12.5. The summed E-state index contributed by atoms with van der Waals surface area (Å²) in [5.74, 6) is 0. The molecule has 3 N–H and O–H groups in total. The van der Waals surface area contributed by atoms with Crippen molar-refractivity contribution in [2.45, 2.75) is 25.3 Å². The zero-order valence-electron chi connectivity index (χ0n) is 9.59. The number of hydrogen-bond acceptors (Lipinski definition) is 2. The smallest absolute Gasteiger partial charge is 0.319 e. The van der Waals surface area contributed by atoms with E-state index in [9.17, 15) is 4.79 Å². The number of aliphatic hydroxyl groups excluding tert-OH is 1. The van der Waals surface area contributed by atoms with Gasteiger partial charge in [0.05, 0.1) is 12.1 Å². The Kier molecular flexibility index (Phi) is 3.26. The van der Waals surface area contributed by atoms with Crippen LogP contribution in [0.5, 0.6) is 0 Å². The van der Waals surface area contributed by atoms with Crippen LogP contribution in [0.3, 0.4) is 0 Å². The molecule has 2 rings (SSSR count). The highest BCUT2D eigenvalue weighted by Gasteiger charge is 2.43. The van der Waals surface area contributed by atoms with Crippen LogP contribution in [0.4, 0.5) is 10.5 Å². The number of rotatable bonds is 3. The number of carbonyl (C=O) groups excluding carboxylic acids is 1. The number of nitrogens with one attached hydrogen (secondary N) is 2. The Labute approximate surface area is 105 Å². The van der Waals surface area contributed by atoms with Crippen molar-refractivity contribution in [2.24, 2.45) is 0 Å². The van der Waals surface area contributed by atoms with Crippen molar-refractivity contribution in [1.82, 2.24) is 5.32 Å². The number of carbonyl (C=O) groups is 1. The summed E-state index contributed by atoms with van der Waals surface area (Å²) < 4.78 is 0. The normalized spacial score (nSPS) is 16.4. The van der Waals surface area contributed by atoms with Gasteiger partial charge in [-0.3, -0.25) is 0 Å². The van der Waals surface area contributed by atoms with Gasteiger partial charge in [0.1, 0.15) is 0 Å². The highest BCUT2D eigenvalue weighted by molar-refractivity contribution is 6.31. The Morgan fingerprint density at radius 1 is 1.53 bits per heavy atom. The van der Waals surface area contributed by atoms with Gasteiger partial charge < -0.3 is 15.7 Å². The van der Waals surface area contributed by atoms with Crippen molar-refractivity contribution in [3.63, 3.8) is 0 Å². The van der Waals surface area contributed by atoms with Crippen LogP contribution in [0.25, 0.3) is 0 Å². The largest absolute Gasteiger partial charge is 0.394 e. The van der Waals surface area contributed by atoms with Gasteiger partial charge in [0.25, 0.3) is 0 Å². The van der Waals surface area contributed by atoms with E-state index in [0.717, 1.165) is 18.4 Å². The first-order valence-electron chi connectivity index (χ1n) is 5.51. The topological polar surface area (TPSA) is 61.4 Å². The number of amides is 2. The summed E-state index contributed by atoms with van der Waals surface area (Å²) in [5, 5.41) is 15.2. The van der Waals surface area contributed by atoms with Crippen molar-refractivity contribution in [3.8, 4) is 0 Å². The van der Waals surface area contributed by atoms with Crippen LogP contribution in [0.1, 0.15) is 18.4 Å². The van der Waals surface area contributed by atoms with Crippen LogP contribution >= 0.6 is 11.6 Å². The molecule has 0 heterocycles. The van der Waals surface area contributed by atoms with Crippen LogP contribution in [-0.2, 0) is 0 Å². The molecule has 17 heavy (non-hydrogen) atoms. The quantitative estimate of drug-likeness (QED) is 0.775. The molecule has 0 radical (unpaired) electrons. The van der Waals surface area contributed by atoms with E-state index in [4.69, 9.17) is 16.7 Å². The minimum absolute atomic E-state index is 0.0188. The maximum Gasteiger partial charge on any atom is 0.319 e. The summed E-state index contributed by atoms with van der Waals surface area (Å²) in [7, 11) is 0. The average molecular weight is 255 g/mol. The zero-order valence-corrected chi connectivity index (χ0v) is 10.3. The molecule has 1 aliphatic rings. The fourth-order valence-corrected chi connectivity index (χ4v) is 1.73. The van der Waals surface area contributed by atoms with E-state index in [1.807, 2.05) is 13.0 Å². The van der Waals surface area contributed by atoms with E-state index in [1.54, 1.807) is 12.1 Å². The standard InChI is InChI=1S/C12H15ClN2O2/c1-8-2-3-9(6-10(8)13)14-11(17)15-12(7-16)4-5-12/h2-3,6,16H,4-5,7H2,1H3,(H2,14,15,17). The van der Waals surface area contributed by atoms with E-state index in [2.05, 4.69) is 10.6 Å². The summed E-state index contributed by atoms with van der Waals surface area (Å²) in [6.07, 6.45) is 1.65. The molecule has 1 saturated carbocycles. The number of hydrogen-bond donors (Lipinski definition) is 3. The van der Waals surface area contributed by atoms with Crippen molar-refractivity contribution in [2.75, 3.05) is 11.9 Å².